The largest absolute Gasteiger partial charge is 0.383 e. The third kappa shape index (κ3) is 2.70. The molecule has 110 valence electrons. The predicted molar refractivity (Wildman–Crippen MR) is 94.5 cm³/mol. The molecule has 3 rings (SSSR count). The maximum atomic E-state index is 9.69. The van der Waals surface area contributed by atoms with Crippen molar-refractivity contribution in [2.45, 2.75) is 0 Å². The molecule has 0 aliphatic heterocycles. The highest BCUT2D eigenvalue weighted by Gasteiger charge is 2.21. The highest BCUT2D eigenvalue weighted by Crippen LogP contribution is 2.37. The lowest BCUT2D eigenvalue weighted by molar-refractivity contribution is 1.30. The maximum Gasteiger partial charge on any atom is 0.142 e. The smallest absolute Gasteiger partial charge is 0.142 e. The number of hydrogen-bond acceptors (Lipinski definition) is 5. The van der Waals surface area contributed by atoms with Crippen molar-refractivity contribution in [2.75, 3.05) is 5.73 Å². The molecule has 0 fully saturated rings. The number of hydrogen-bond donors (Lipinski definition) is 1. The van der Waals surface area contributed by atoms with Crippen molar-refractivity contribution in [2.24, 2.45) is 0 Å². The van der Waals surface area contributed by atoms with Crippen LogP contribution in [0, 0.1) is 22.7 Å². The summed E-state index contributed by atoms with van der Waals surface area (Å²) in [6.07, 6.45) is 0. The maximum absolute atomic E-state index is 9.69. The fraction of sp³-hybridized carbons (Fsp3) is 0. The average molecular weight is 381 g/mol. The second-order valence-corrected chi connectivity index (χ2v) is 6.55. The van der Waals surface area contributed by atoms with Gasteiger partial charge in [0.25, 0.3) is 0 Å². The van der Waals surface area contributed by atoms with E-state index in [0.29, 0.717) is 16.8 Å². The van der Waals surface area contributed by atoms with Crippen LogP contribution in [0.1, 0.15) is 11.1 Å². The summed E-state index contributed by atoms with van der Waals surface area (Å²) < 4.78 is 0.857. The highest BCUT2D eigenvalue weighted by atomic mass is 79.9. The Bertz CT molecular complexity index is 965. The second-order valence-electron chi connectivity index (χ2n) is 4.68. The second kappa shape index (κ2) is 6.21. The normalized spacial score (nSPS) is 10.0. The zero-order valence-corrected chi connectivity index (χ0v) is 14.1. The lowest BCUT2D eigenvalue weighted by Gasteiger charge is -2.12. The topological polar surface area (TPSA) is 86.5 Å². The summed E-state index contributed by atoms with van der Waals surface area (Å²) >= 11 is 4.89. The molecule has 3 aromatic rings. The molecule has 2 aromatic heterocycles. The van der Waals surface area contributed by atoms with Crippen LogP contribution >= 0.6 is 27.3 Å². The molecule has 0 bridgehead atoms. The lowest BCUT2D eigenvalue weighted by atomic mass is 9.94. The number of halogens is 1. The van der Waals surface area contributed by atoms with Crippen molar-refractivity contribution in [1.82, 2.24) is 4.98 Å². The molecule has 6 heteroatoms. The van der Waals surface area contributed by atoms with Crippen molar-refractivity contribution in [3.8, 4) is 33.8 Å². The number of pyridine rings is 1. The number of anilines is 1. The van der Waals surface area contributed by atoms with Gasteiger partial charge in [-0.1, -0.05) is 34.1 Å². The van der Waals surface area contributed by atoms with Gasteiger partial charge in [-0.3, -0.25) is 0 Å². The van der Waals surface area contributed by atoms with Crippen molar-refractivity contribution in [3.05, 3.63) is 57.4 Å². The van der Waals surface area contributed by atoms with E-state index in [1.807, 2.05) is 41.8 Å². The van der Waals surface area contributed by atoms with Crippen LogP contribution in [0.5, 0.6) is 0 Å². The molecule has 0 amide bonds. The first-order valence-corrected chi connectivity index (χ1v) is 8.26. The summed E-state index contributed by atoms with van der Waals surface area (Å²) in [6, 6.07) is 15.5. The minimum atomic E-state index is 0.130. The van der Waals surface area contributed by atoms with Gasteiger partial charge in [0.2, 0.25) is 0 Å². The van der Waals surface area contributed by atoms with Crippen molar-refractivity contribution < 1.29 is 0 Å². The Morgan fingerprint density at radius 1 is 1.09 bits per heavy atom. The monoisotopic (exact) mass is 380 g/mol. The Kier molecular flexibility index (Phi) is 4.12. The van der Waals surface area contributed by atoms with E-state index in [2.05, 4.69) is 33.1 Å². The number of aromatic nitrogens is 1. The molecular weight excluding hydrogens is 372 g/mol. The first-order chi connectivity index (χ1) is 11.2. The third-order valence-electron chi connectivity index (χ3n) is 3.32. The molecule has 23 heavy (non-hydrogen) atoms. The van der Waals surface area contributed by atoms with Crippen molar-refractivity contribution >= 4 is 33.1 Å². The molecule has 0 saturated heterocycles. The van der Waals surface area contributed by atoms with Crippen molar-refractivity contribution in [3.63, 3.8) is 0 Å². The summed E-state index contributed by atoms with van der Waals surface area (Å²) in [5, 5.41) is 21.1. The summed E-state index contributed by atoms with van der Waals surface area (Å²) in [6.45, 7) is 0. The van der Waals surface area contributed by atoms with E-state index >= 15 is 0 Å². The molecule has 2 N–H and O–H groups in total. The summed E-state index contributed by atoms with van der Waals surface area (Å²) in [4.78, 5) is 5.14. The lowest BCUT2D eigenvalue weighted by Crippen LogP contribution is -2.03. The molecule has 0 atom stereocenters. The molecule has 0 aliphatic carbocycles. The predicted octanol–water partition coefficient (Wildman–Crippen LogP) is 4.57. The van der Waals surface area contributed by atoms with Crippen LogP contribution < -0.4 is 5.73 Å². The van der Waals surface area contributed by atoms with Crippen molar-refractivity contribution in [1.29, 1.82) is 10.5 Å². The van der Waals surface area contributed by atoms with Gasteiger partial charge in [-0.2, -0.15) is 10.5 Å². The van der Waals surface area contributed by atoms with E-state index in [1.165, 1.54) is 11.3 Å². The Balaban J connectivity index is 2.42. The molecular formula is C17H9BrN4S. The molecule has 0 aliphatic rings. The van der Waals surface area contributed by atoms with Gasteiger partial charge in [-0.05, 0) is 29.1 Å². The van der Waals surface area contributed by atoms with Crippen LogP contribution in [-0.2, 0) is 0 Å². The SMILES string of the molecule is N#Cc1c(N)nc(-c2cccs2)c(C#N)c1-c1cccc(Br)c1. The molecule has 0 unspecified atom stereocenters. The Labute approximate surface area is 145 Å². The zero-order valence-electron chi connectivity index (χ0n) is 11.7. The quantitative estimate of drug-likeness (QED) is 0.705. The highest BCUT2D eigenvalue weighted by molar-refractivity contribution is 9.10. The van der Waals surface area contributed by atoms with Crippen LogP contribution in [-0.4, -0.2) is 4.98 Å². The zero-order chi connectivity index (χ0) is 16.4. The van der Waals surface area contributed by atoms with Gasteiger partial charge in [0, 0.05) is 10.0 Å². The molecule has 0 saturated carbocycles. The van der Waals surface area contributed by atoms with Gasteiger partial charge in [-0.15, -0.1) is 11.3 Å². The Morgan fingerprint density at radius 3 is 2.48 bits per heavy atom. The van der Waals surface area contributed by atoms with Crippen LogP contribution in [0.15, 0.2) is 46.3 Å². The number of benzene rings is 1. The van der Waals surface area contributed by atoms with Crippen LogP contribution in [0.3, 0.4) is 0 Å². The van der Waals surface area contributed by atoms with Crippen LogP contribution in [0.25, 0.3) is 21.7 Å². The third-order valence-corrected chi connectivity index (χ3v) is 4.69. The fourth-order valence-electron chi connectivity index (χ4n) is 2.35. The van der Waals surface area contributed by atoms with E-state index < -0.39 is 0 Å². The van der Waals surface area contributed by atoms with Crippen LogP contribution in [0.4, 0.5) is 5.82 Å². The summed E-state index contributed by atoms with van der Waals surface area (Å²) in [5.74, 6) is 0.130. The van der Waals surface area contributed by atoms with Gasteiger partial charge in [0.05, 0.1) is 10.4 Å². The first-order valence-electron chi connectivity index (χ1n) is 6.59. The van der Waals surface area contributed by atoms with E-state index in [1.54, 1.807) is 0 Å². The molecule has 0 spiro atoms. The number of rotatable bonds is 2. The van der Waals surface area contributed by atoms with Crippen LogP contribution in [0.2, 0.25) is 0 Å². The molecule has 4 nitrogen and oxygen atoms in total. The summed E-state index contributed by atoms with van der Waals surface area (Å²) in [5.41, 5.74) is 8.35. The molecule has 1 aromatic carbocycles. The number of thiophene rings is 1. The van der Waals surface area contributed by atoms with Gasteiger partial charge in [0.1, 0.15) is 29.2 Å². The average Bonchev–Trinajstić information content (AvgIpc) is 3.08. The standard InChI is InChI=1S/C17H9BrN4S/c18-11-4-1-3-10(7-11)15-12(8-19)16(14-5-2-6-23-14)22-17(21)13(15)9-20/h1-7H,(H2,21,22). The first kappa shape index (κ1) is 15.2. The minimum absolute atomic E-state index is 0.130. The number of nitrogens with two attached hydrogens (primary N) is 1. The Hall–Kier alpha value is -2.67. The van der Waals surface area contributed by atoms with Gasteiger partial charge < -0.3 is 5.73 Å². The van der Waals surface area contributed by atoms with E-state index in [-0.39, 0.29) is 11.4 Å². The number of nitrogen functional groups attached to an aromatic ring is 1. The van der Waals surface area contributed by atoms with E-state index in [9.17, 15) is 10.5 Å². The molecule has 2 heterocycles. The van der Waals surface area contributed by atoms with E-state index in [4.69, 9.17) is 5.73 Å². The number of nitrogens with zero attached hydrogens (tertiary/aromatic N) is 3. The Morgan fingerprint density at radius 2 is 1.87 bits per heavy atom. The van der Waals surface area contributed by atoms with Gasteiger partial charge in [0.15, 0.2) is 0 Å². The van der Waals surface area contributed by atoms with Gasteiger partial charge >= 0.3 is 0 Å². The number of nitriles is 2. The minimum Gasteiger partial charge on any atom is -0.383 e. The van der Waals surface area contributed by atoms with Gasteiger partial charge in [-0.25, -0.2) is 4.98 Å². The fourth-order valence-corrected chi connectivity index (χ4v) is 3.47. The van der Waals surface area contributed by atoms with E-state index in [0.717, 1.165) is 14.9 Å². The summed E-state index contributed by atoms with van der Waals surface area (Å²) in [7, 11) is 0. The molecule has 0 radical (unpaired) electrons.